The normalized spacial score (nSPS) is 12.7. The molecule has 0 aromatic heterocycles. The number of amides is 1. The molecule has 0 saturated carbocycles. The van der Waals surface area contributed by atoms with E-state index in [2.05, 4.69) is 19.2 Å². The van der Waals surface area contributed by atoms with Gasteiger partial charge in [0, 0.05) is 12.6 Å². The first-order valence-electron chi connectivity index (χ1n) is 9.00. The van der Waals surface area contributed by atoms with Gasteiger partial charge in [-0.2, -0.15) is 0 Å². The van der Waals surface area contributed by atoms with E-state index in [-0.39, 0.29) is 11.9 Å². The molecule has 0 aliphatic heterocycles. The molecule has 0 heterocycles. The minimum atomic E-state index is -3.35. The fraction of sp³-hybridized carbons (Fsp3) is 0.381. The average Bonchev–Trinajstić information content (AvgIpc) is 2.60. The largest absolute Gasteiger partial charge is 0.345 e. The van der Waals surface area contributed by atoms with Crippen molar-refractivity contribution in [2.24, 2.45) is 5.92 Å². The van der Waals surface area contributed by atoms with Crippen LogP contribution in [0.1, 0.15) is 47.8 Å². The van der Waals surface area contributed by atoms with Crippen molar-refractivity contribution in [3.05, 3.63) is 65.2 Å². The van der Waals surface area contributed by atoms with E-state index in [1.165, 1.54) is 11.4 Å². The molecule has 0 spiro atoms. The Balaban J connectivity index is 2.24. The highest BCUT2D eigenvalue weighted by molar-refractivity contribution is 7.92. The van der Waals surface area contributed by atoms with E-state index < -0.39 is 10.0 Å². The fourth-order valence-electron chi connectivity index (χ4n) is 3.01. The first-order valence-corrected chi connectivity index (χ1v) is 10.8. The lowest BCUT2D eigenvalue weighted by molar-refractivity contribution is 0.0932. The highest BCUT2D eigenvalue weighted by atomic mass is 32.2. The Morgan fingerprint density at radius 2 is 1.74 bits per heavy atom. The summed E-state index contributed by atoms with van der Waals surface area (Å²) in [5.74, 6) is 0.268. The van der Waals surface area contributed by atoms with Crippen molar-refractivity contribution < 1.29 is 13.2 Å². The van der Waals surface area contributed by atoms with Gasteiger partial charge in [0.15, 0.2) is 0 Å². The Labute approximate surface area is 162 Å². The zero-order valence-corrected chi connectivity index (χ0v) is 17.4. The third-order valence-corrected chi connectivity index (χ3v) is 5.70. The Morgan fingerprint density at radius 3 is 2.26 bits per heavy atom. The van der Waals surface area contributed by atoms with Crippen molar-refractivity contribution >= 4 is 21.6 Å². The van der Waals surface area contributed by atoms with E-state index in [0.717, 1.165) is 23.8 Å². The van der Waals surface area contributed by atoms with Crippen molar-refractivity contribution in [3.8, 4) is 0 Å². The van der Waals surface area contributed by atoms with Gasteiger partial charge in [0.25, 0.3) is 5.91 Å². The first kappa shape index (κ1) is 21.0. The van der Waals surface area contributed by atoms with Crippen molar-refractivity contribution in [3.63, 3.8) is 0 Å². The molecule has 2 rings (SSSR count). The molecule has 6 heteroatoms. The van der Waals surface area contributed by atoms with Gasteiger partial charge in [-0.15, -0.1) is 0 Å². The maximum absolute atomic E-state index is 12.8. The Kier molecular flexibility index (Phi) is 6.65. The van der Waals surface area contributed by atoms with Crippen LogP contribution in [0.3, 0.4) is 0 Å². The zero-order valence-electron chi connectivity index (χ0n) is 16.6. The number of nitrogens with one attached hydrogen (secondary N) is 1. The highest BCUT2D eigenvalue weighted by Crippen LogP contribution is 2.24. The quantitative estimate of drug-likeness (QED) is 0.782. The summed E-state index contributed by atoms with van der Waals surface area (Å²) < 4.78 is 24.7. The number of aryl methyl sites for hydroxylation is 1. The lowest BCUT2D eigenvalue weighted by Crippen LogP contribution is -2.30. The summed E-state index contributed by atoms with van der Waals surface area (Å²) in [6.45, 7) is 6.06. The number of hydrogen-bond donors (Lipinski definition) is 1. The maximum atomic E-state index is 12.8. The van der Waals surface area contributed by atoms with E-state index in [1.807, 2.05) is 30.3 Å². The molecule has 0 bridgehead atoms. The highest BCUT2D eigenvalue weighted by Gasteiger charge is 2.19. The van der Waals surface area contributed by atoms with Crippen molar-refractivity contribution in [2.45, 2.75) is 33.2 Å². The summed E-state index contributed by atoms with van der Waals surface area (Å²) in [7, 11) is -1.84. The van der Waals surface area contributed by atoms with Crippen LogP contribution in [0.5, 0.6) is 0 Å². The molecule has 2 aromatic rings. The molecule has 0 saturated heterocycles. The van der Waals surface area contributed by atoms with E-state index in [1.54, 1.807) is 25.1 Å². The van der Waals surface area contributed by atoms with Crippen LogP contribution in [0.4, 0.5) is 5.69 Å². The standard InChI is InChI=1S/C21H28N2O3S/c1-15(2)13-19(17-9-7-6-8-10-17)22-21(24)18-11-12-20(16(3)14-18)23(4)27(5,25)26/h6-12,14-15,19H,13H2,1-5H3,(H,22,24). The van der Waals surface area contributed by atoms with E-state index in [9.17, 15) is 13.2 Å². The summed E-state index contributed by atoms with van der Waals surface area (Å²) >= 11 is 0. The van der Waals surface area contributed by atoms with Crippen LogP contribution < -0.4 is 9.62 Å². The number of carbonyl (C=O) groups is 1. The maximum Gasteiger partial charge on any atom is 0.251 e. The molecule has 1 N–H and O–H groups in total. The lowest BCUT2D eigenvalue weighted by Gasteiger charge is -2.22. The summed E-state index contributed by atoms with van der Waals surface area (Å²) in [6.07, 6.45) is 1.99. The van der Waals surface area contributed by atoms with Crippen LogP contribution in [0.2, 0.25) is 0 Å². The second-order valence-corrected chi connectivity index (χ2v) is 9.31. The number of rotatable bonds is 7. The minimum Gasteiger partial charge on any atom is -0.345 e. The zero-order chi connectivity index (χ0) is 20.2. The monoisotopic (exact) mass is 388 g/mol. The first-order chi connectivity index (χ1) is 12.6. The second kappa shape index (κ2) is 8.57. The predicted octanol–water partition coefficient (Wildman–Crippen LogP) is 3.91. The van der Waals surface area contributed by atoms with Gasteiger partial charge >= 0.3 is 0 Å². The lowest BCUT2D eigenvalue weighted by atomic mass is 9.96. The van der Waals surface area contributed by atoms with Gasteiger partial charge in [0.2, 0.25) is 10.0 Å². The fourth-order valence-corrected chi connectivity index (χ4v) is 3.57. The van der Waals surface area contributed by atoms with Gasteiger partial charge in [-0.3, -0.25) is 9.10 Å². The van der Waals surface area contributed by atoms with Gasteiger partial charge < -0.3 is 5.32 Å². The van der Waals surface area contributed by atoms with Gasteiger partial charge in [-0.1, -0.05) is 44.2 Å². The molecule has 5 nitrogen and oxygen atoms in total. The number of anilines is 1. The molecule has 2 aromatic carbocycles. The molecule has 1 unspecified atom stereocenters. The summed E-state index contributed by atoms with van der Waals surface area (Å²) in [5.41, 5.74) is 2.89. The molecule has 0 fully saturated rings. The van der Waals surface area contributed by atoms with Crippen LogP contribution in [0.15, 0.2) is 48.5 Å². The van der Waals surface area contributed by atoms with E-state index >= 15 is 0 Å². The third kappa shape index (κ3) is 5.57. The third-order valence-electron chi connectivity index (χ3n) is 4.51. The molecule has 1 atom stereocenters. The second-order valence-electron chi connectivity index (χ2n) is 7.30. The number of sulfonamides is 1. The van der Waals surface area contributed by atoms with Gasteiger partial charge in [-0.05, 0) is 48.6 Å². The molecule has 1 amide bonds. The Bertz CT molecular complexity index is 893. The predicted molar refractivity (Wildman–Crippen MR) is 111 cm³/mol. The minimum absolute atomic E-state index is 0.0719. The van der Waals surface area contributed by atoms with Gasteiger partial charge in [0.05, 0.1) is 18.0 Å². The van der Waals surface area contributed by atoms with E-state index in [4.69, 9.17) is 0 Å². The average molecular weight is 389 g/mol. The molecule has 146 valence electrons. The van der Waals surface area contributed by atoms with Gasteiger partial charge in [0.1, 0.15) is 0 Å². The smallest absolute Gasteiger partial charge is 0.251 e. The molecule has 0 aliphatic rings. The van der Waals surface area contributed by atoms with Crippen LogP contribution in [-0.4, -0.2) is 27.6 Å². The van der Waals surface area contributed by atoms with E-state index in [0.29, 0.717) is 17.2 Å². The SMILES string of the molecule is Cc1cc(C(=O)NC(CC(C)C)c2ccccc2)ccc1N(C)S(C)(=O)=O. The van der Waals surface area contributed by atoms with Crippen LogP contribution in [0, 0.1) is 12.8 Å². The summed E-state index contributed by atoms with van der Waals surface area (Å²) in [6, 6.07) is 14.9. The van der Waals surface area contributed by atoms with Crippen molar-refractivity contribution in [1.82, 2.24) is 5.32 Å². The van der Waals surface area contributed by atoms with Crippen molar-refractivity contribution in [1.29, 1.82) is 0 Å². The topological polar surface area (TPSA) is 66.5 Å². The van der Waals surface area contributed by atoms with Gasteiger partial charge in [-0.25, -0.2) is 8.42 Å². The van der Waals surface area contributed by atoms with Crippen LogP contribution in [-0.2, 0) is 10.0 Å². The van der Waals surface area contributed by atoms with Crippen LogP contribution in [0.25, 0.3) is 0 Å². The number of hydrogen-bond acceptors (Lipinski definition) is 3. The summed E-state index contributed by atoms with van der Waals surface area (Å²) in [5, 5.41) is 3.12. The molecule has 27 heavy (non-hydrogen) atoms. The van der Waals surface area contributed by atoms with Crippen molar-refractivity contribution in [2.75, 3.05) is 17.6 Å². The Hall–Kier alpha value is -2.34. The number of nitrogens with zero attached hydrogens (tertiary/aromatic N) is 1. The molecule has 0 radical (unpaired) electrons. The number of benzene rings is 2. The Morgan fingerprint density at radius 1 is 1.11 bits per heavy atom. The molecular formula is C21H28N2O3S. The summed E-state index contributed by atoms with van der Waals surface area (Å²) in [4.78, 5) is 12.8. The molecule has 0 aliphatic carbocycles. The molecular weight excluding hydrogens is 360 g/mol. The number of carbonyl (C=O) groups excluding carboxylic acids is 1. The van der Waals surface area contributed by atoms with Crippen LogP contribution >= 0.6 is 0 Å².